The zero-order chi connectivity index (χ0) is 18.9. The molecule has 0 saturated carbocycles. The Bertz CT molecular complexity index is 877. The fraction of sp³-hybridized carbons (Fsp3) is 0.238. The van der Waals surface area contributed by atoms with Crippen LogP contribution in [0.2, 0.25) is 0 Å². The van der Waals surface area contributed by atoms with Gasteiger partial charge in [0.1, 0.15) is 10.8 Å². The third-order valence-corrected chi connectivity index (χ3v) is 4.89. The molecule has 3 aromatic rings. The average Bonchev–Trinajstić information content (AvgIpc) is 3.19. The van der Waals surface area contributed by atoms with Gasteiger partial charge in [0.15, 0.2) is 5.96 Å². The molecule has 0 aliphatic rings. The molecular weight excluding hydrogens is 356 g/mol. The zero-order valence-corrected chi connectivity index (χ0v) is 16.4. The molecule has 3 rings (SSSR count). The van der Waals surface area contributed by atoms with Crippen LogP contribution >= 0.6 is 11.3 Å². The number of para-hydroxylation sites is 1. The molecule has 1 aromatic heterocycles. The molecule has 0 atom stereocenters. The molecule has 0 unspecified atom stereocenters. The first-order valence-electron chi connectivity index (χ1n) is 8.95. The number of hydrogen-bond donors (Lipinski definition) is 2. The van der Waals surface area contributed by atoms with Crippen molar-refractivity contribution in [3.05, 3.63) is 71.2 Å². The van der Waals surface area contributed by atoms with E-state index in [4.69, 9.17) is 9.72 Å². The van der Waals surface area contributed by atoms with Gasteiger partial charge in [-0.05, 0) is 13.0 Å². The first kappa shape index (κ1) is 18.9. The number of guanidine groups is 1. The second-order valence-electron chi connectivity index (χ2n) is 5.83. The van der Waals surface area contributed by atoms with Crippen LogP contribution in [-0.4, -0.2) is 24.6 Å². The van der Waals surface area contributed by atoms with Gasteiger partial charge >= 0.3 is 0 Å². The van der Waals surface area contributed by atoms with Crippen molar-refractivity contribution in [2.45, 2.75) is 20.0 Å². The second kappa shape index (κ2) is 9.73. The number of rotatable bonds is 7. The molecule has 0 saturated heterocycles. The first-order valence-corrected chi connectivity index (χ1v) is 9.83. The predicted octanol–water partition coefficient (Wildman–Crippen LogP) is 4.07. The van der Waals surface area contributed by atoms with E-state index in [1.54, 1.807) is 18.4 Å². The lowest BCUT2D eigenvalue weighted by atomic mass is 10.2. The predicted molar refractivity (Wildman–Crippen MR) is 112 cm³/mol. The maximum atomic E-state index is 5.67. The van der Waals surface area contributed by atoms with Crippen LogP contribution in [0.25, 0.3) is 10.6 Å². The minimum atomic E-state index is 0.621. The van der Waals surface area contributed by atoms with Crippen LogP contribution in [-0.2, 0) is 13.1 Å². The fourth-order valence-electron chi connectivity index (χ4n) is 2.62. The van der Waals surface area contributed by atoms with Crippen LogP contribution in [0.5, 0.6) is 5.75 Å². The van der Waals surface area contributed by atoms with Crippen molar-refractivity contribution in [2.75, 3.05) is 13.7 Å². The number of aliphatic imine (C=N–C) groups is 1. The van der Waals surface area contributed by atoms with Crippen LogP contribution in [0.4, 0.5) is 0 Å². The maximum absolute atomic E-state index is 5.67. The Morgan fingerprint density at radius 3 is 2.56 bits per heavy atom. The summed E-state index contributed by atoms with van der Waals surface area (Å²) in [6, 6.07) is 18.2. The number of nitrogens with zero attached hydrogens (tertiary/aromatic N) is 2. The normalized spacial score (nSPS) is 11.3. The van der Waals surface area contributed by atoms with Crippen molar-refractivity contribution >= 4 is 17.3 Å². The van der Waals surface area contributed by atoms with Gasteiger partial charge in [0.2, 0.25) is 0 Å². The highest BCUT2D eigenvalue weighted by Crippen LogP contribution is 2.23. The molecule has 27 heavy (non-hydrogen) atoms. The summed E-state index contributed by atoms with van der Waals surface area (Å²) < 4.78 is 5.67. The lowest BCUT2D eigenvalue weighted by Gasteiger charge is -2.13. The minimum Gasteiger partial charge on any atom is -0.494 e. The third kappa shape index (κ3) is 5.31. The van der Waals surface area contributed by atoms with Gasteiger partial charge in [0.05, 0.1) is 18.8 Å². The van der Waals surface area contributed by atoms with E-state index in [1.807, 2.05) is 43.3 Å². The van der Waals surface area contributed by atoms with Gasteiger partial charge in [0.25, 0.3) is 0 Å². The summed E-state index contributed by atoms with van der Waals surface area (Å²) in [5.41, 5.74) is 3.24. The quantitative estimate of drug-likeness (QED) is 0.479. The van der Waals surface area contributed by atoms with Gasteiger partial charge in [-0.2, -0.15) is 0 Å². The van der Waals surface area contributed by atoms with Gasteiger partial charge in [-0.3, -0.25) is 4.99 Å². The van der Waals surface area contributed by atoms with E-state index in [0.717, 1.165) is 33.5 Å². The molecule has 6 heteroatoms. The topological polar surface area (TPSA) is 58.5 Å². The molecule has 2 N–H and O–H groups in total. The van der Waals surface area contributed by atoms with Crippen LogP contribution < -0.4 is 15.4 Å². The van der Waals surface area contributed by atoms with Crippen molar-refractivity contribution in [3.63, 3.8) is 0 Å². The lowest BCUT2D eigenvalue weighted by molar-refractivity contribution is 0.336. The summed E-state index contributed by atoms with van der Waals surface area (Å²) >= 11 is 1.65. The SMILES string of the molecule is CCOc1ccccc1CNC(=NC)NCc1csc(-c2ccccc2)n1. The maximum Gasteiger partial charge on any atom is 0.191 e. The van der Waals surface area contributed by atoms with E-state index in [0.29, 0.717) is 19.7 Å². The van der Waals surface area contributed by atoms with Gasteiger partial charge in [-0.15, -0.1) is 11.3 Å². The van der Waals surface area contributed by atoms with Crippen molar-refractivity contribution in [1.29, 1.82) is 0 Å². The highest BCUT2D eigenvalue weighted by atomic mass is 32.1. The van der Waals surface area contributed by atoms with Gasteiger partial charge < -0.3 is 15.4 Å². The van der Waals surface area contributed by atoms with Crippen molar-refractivity contribution < 1.29 is 4.74 Å². The van der Waals surface area contributed by atoms with Crippen LogP contribution in [0.1, 0.15) is 18.2 Å². The van der Waals surface area contributed by atoms with Crippen LogP contribution in [0.15, 0.2) is 65.0 Å². The van der Waals surface area contributed by atoms with E-state index in [-0.39, 0.29) is 0 Å². The Hall–Kier alpha value is -2.86. The standard InChI is InChI=1S/C21H24N4OS/c1-3-26-19-12-8-7-11-17(19)13-23-21(22-2)24-14-18-15-27-20(25-18)16-9-5-4-6-10-16/h4-12,15H,3,13-14H2,1-2H3,(H2,22,23,24). The summed E-state index contributed by atoms with van der Waals surface area (Å²) in [6.07, 6.45) is 0. The van der Waals surface area contributed by atoms with Crippen LogP contribution in [0, 0.1) is 0 Å². The highest BCUT2D eigenvalue weighted by Gasteiger charge is 2.07. The molecule has 0 spiro atoms. The smallest absolute Gasteiger partial charge is 0.191 e. The Morgan fingerprint density at radius 2 is 1.78 bits per heavy atom. The van der Waals surface area contributed by atoms with Crippen molar-refractivity contribution in [2.24, 2.45) is 4.99 Å². The number of ether oxygens (including phenoxy) is 1. The van der Waals surface area contributed by atoms with E-state index in [2.05, 4.69) is 39.2 Å². The van der Waals surface area contributed by atoms with E-state index >= 15 is 0 Å². The fourth-order valence-corrected chi connectivity index (χ4v) is 3.45. The molecule has 5 nitrogen and oxygen atoms in total. The Labute approximate surface area is 164 Å². The number of aromatic nitrogens is 1. The molecular formula is C21H24N4OS. The summed E-state index contributed by atoms with van der Waals surface area (Å²) in [7, 11) is 1.76. The number of hydrogen-bond acceptors (Lipinski definition) is 4. The summed E-state index contributed by atoms with van der Waals surface area (Å²) in [5.74, 6) is 1.63. The Kier molecular flexibility index (Phi) is 6.82. The summed E-state index contributed by atoms with van der Waals surface area (Å²) in [5, 5.41) is 9.75. The van der Waals surface area contributed by atoms with Crippen molar-refractivity contribution in [3.8, 4) is 16.3 Å². The molecule has 0 amide bonds. The monoisotopic (exact) mass is 380 g/mol. The van der Waals surface area contributed by atoms with Crippen LogP contribution in [0.3, 0.4) is 0 Å². The Balaban J connectivity index is 1.55. The van der Waals surface area contributed by atoms with E-state index < -0.39 is 0 Å². The second-order valence-corrected chi connectivity index (χ2v) is 6.69. The average molecular weight is 381 g/mol. The molecule has 140 valence electrons. The molecule has 1 heterocycles. The largest absolute Gasteiger partial charge is 0.494 e. The third-order valence-electron chi connectivity index (χ3n) is 3.95. The zero-order valence-electron chi connectivity index (χ0n) is 15.6. The van der Waals surface area contributed by atoms with Gasteiger partial charge in [0, 0.05) is 30.1 Å². The summed E-state index contributed by atoms with van der Waals surface area (Å²) in [4.78, 5) is 8.98. The molecule has 0 aliphatic heterocycles. The Morgan fingerprint density at radius 1 is 1.04 bits per heavy atom. The number of nitrogens with one attached hydrogen (secondary N) is 2. The molecule has 2 aromatic carbocycles. The van der Waals surface area contributed by atoms with Gasteiger partial charge in [-0.1, -0.05) is 48.5 Å². The number of benzene rings is 2. The summed E-state index contributed by atoms with van der Waals surface area (Å²) in [6.45, 7) is 3.90. The molecule has 0 bridgehead atoms. The minimum absolute atomic E-state index is 0.621. The molecule has 0 fully saturated rings. The van der Waals surface area contributed by atoms with Gasteiger partial charge in [-0.25, -0.2) is 4.98 Å². The molecule has 0 aliphatic carbocycles. The molecule has 0 radical (unpaired) electrons. The van der Waals surface area contributed by atoms with Crippen molar-refractivity contribution in [1.82, 2.24) is 15.6 Å². The highest BCUT2D eigenvalue weighted by molar-refractivity contribution is 7.13. The van der Waals surface area contributed by atoms with E-state index in [9.17, 15) is 0 Å². The first-order chi connectivity index (χ1) is 13.3. The lowest BCUT2D eigenvalue weighted by Crippen LogP contribution is -2.36. The van der Waals surface area contributed by atoms with E-state index in [1.165, 1.54) is 0 Å². The number of thiazole rings is 1.